The van der Waals surface area contributed by atoms with Crippen LogP contribution < -0.4 is 10.6 Å². The molecule has 6 nitrogen and oxygen atoms in total. The van der Waals surface area contributed by atoms with E-state index >= 15 is 0 Å². The molecule has 0 radical (unpaired) electrons. The van der Waals surface area contributed by atoms with Gasteiger partial charge in [0.05, 0.1) is 12.2 Å². The van der Waals surface area contributed by atoms with Crippen molar-refractivity contribution in [2.75, 3.05) is 33.2 Å². The van der Waals surface area contributed by atoms with Crippen LogP contribution in [0.1, 0.15) is 31.0 Å². The molecule has 2 heterocycles. The number of benzene rings is 1. The highest BCUT2D eigenvalue weighted by molar-refractivity contribution is 14.0. The van der Waals surface area contributed by atoms with Crippen LogP contribution in [0.5, 0.6) is 0 Å². The van der Waals surface area contributed by atoms with Crippen molar-refractivity contribution < 1.29 is 4.42 Å². The van der Waals surface area contributed by atoms with Crippen molar-refractivity contribution in [1.82, 2.24) is 20.5 Å². The minimum Gasteiger partial charge on any atom is -0.444 e. The summed E-state index contributed by atoms with van der Waals surface area (Å²) in [6.45, 7) is 9.47. The summed E-state index contributed by atoms with van der Waals surface area (Å²) in [6, 6.07) is 8.18. The average Bonchev–Trinajstić information content (AvgIpc) is 3.34. The maximum Gasteiger partial charge on any atom is 0.226 e. The zero-order chi connectivity index (χ0) is 19.1. The second kappa shape index (κ2) is 11.4. The summed E-state index contributed by atoms with van der Waals surface area (Å²) >= 11 is 0. The molecule has 0 bridgehead atoms. The standard InChI is InChI=1S/C21H31N5O.HI/c1-16-6-8-18(9-7-16)20-25-19(15-27-20)13-24-21(22-3)23-12-17(2)14-26-10-4-5-11-26;/h6-9,15,17H,4-5,10-14H2,1-3H3,(H2,22,23,24);1H. The summed E-state index contributed by atoms with van der Waals surface area (Å²) in [6.07, 6.45) is 4.38. The van der Waals surface area contributed by atoms with Gasteiger partial charge in [-0.05, 0) is 50.9 Å². The van der Waals surface area contributed by atoms with Crippen molar-refractivity contribution in [1.29, 1.82) is 0 Å². The second-order valence-corrected chi connectivity index (χ2v) is 7.43. The van der Waals surface area contributed by atoms with Gasteiger partial charge in [0.2, 0.25) is 5.89 Å². The third-order valence-corrected chi connectivity index (χ3v) is 4.90. The van der Waals surface area contributed by atoms with Gasteiger partial charge in [0.15, 0.2) is 5.96 Å². The van der Waals surface area contributed by atoms with Gasteiger partial charge in [0, 0.05) is 25.7 Å². The summed E-state index contributed by atoms with van der Waals surface area (Å²) in [5.41, 5.74) is 3.07. The Morgan fingerprint density at radius 2 is 1.93 bits per heavy atom. The Bertz CT molecular complexity index is 738. The molecule has 28 heavy (non-hydrogen) atoms. The summed E-state index contributed by atoms with van der Waals surface area (Å²) < 4.78 is 5.61. The van der Waals surface area contributed by atoms with Crippen LogP contribution in [0.25, 0.3) is 11.5 Å². The number of oxazole rings is 1. The van der Waals surface area contributed by atoms with Gasteiger partial charge in [-0.15, -0.1) is 24.0 Å². The highest BCUT2D eigenvalue weighted by Crippen LogP contribution is 2.19. The molecule has 1 unspecified atom stereocenters. The molecule has 154 valence electrons. The van der Waals surface area contributed by atoms with Crippen LogP contribution in [0.3, 0.4) is 0 Å². The van der Waals surface area contributed by atoms with Crippen LogP contribution in [0, 0.1) is 12.8 Å². The van der Waals surface area contributed by atoms with Gasteiger partial charge in [0.25, 0.3) is 0 Å². The van der Waals surface area contributed by atoms with Crippen molar-refractivity contribution in [3.63, 3.8) is 0 Å². The molecular formula is C21H32IN5O. The molecule has 3 rings (SSSR count). The van der Waals surface area contributed by atoms with E-state index in [4.69, 9.17) is 4.42 Å². The Kier molecular flexibility index (Phi) is 9.24. The number of hydrogen-bond donors (Lipinski definition) is 2. The number of aryl methyl sites for hydroxylation is 1. The van der Waals surface area contributed by atoms with E-state index < -0.39 is 0 Å². The number of guanidine groups is 1. The third kappa shape index (κ3) is 6.77. The van der Waals surface area contributed by atoms with Gasteiger partial charge in [-0.25, -0.2) is 4.98 Å². The lowest BCUT2D eigenvalue weighted by Gasteiger charge is -2.21. The number of aromatic nitrogens is 1. The van der Waals surface area contributed by atoms with Gasteiger partial charge >= 0.3 is 0 Å². The zero-order valence-corrected chi connectivity index (χ0v) is 19.4. The number of rotatable bonds is 7. The van der Waals surface area contributed by atoms with Crippen molar-refractivity contribution in [3.05, 3.63) is 41.8 Å². The van der Waals surface area contributed by atoms with Crippen LogP contribution in [0.2, 0.25) is 0 Å². The van der Waals surface area contributed by atoms with Crippen LogP contribution in [-0.2, 0) is 6.54 Å². The number of nitrogens with one attached hydrogen (secondary N) is 2. The normalized spacial score (nSPS) is 15.9. The fourth-order valence-corrected chi connectivity index (χ4v) is 3.35. The SMILES string of the molecule is CN=C(NCc1coc(-c2ccc(C)cc2)n1)NCC(C)CN1CCCC1.I. The van der Waals surface area contributed by atoms with E-state index in [0.717, 1.165) is 30.3 Å². The van der Waals surface area contributed by atoms with Crippen LogP contribution in [0.15, 0.2) is 39.9 Å². The van der Waals surface area contributed by atoms with E-state index in [1.165, 1.54) is 31.5 Å². The first-order valence-electron chi connectivity index (χ1n) is 9.82. The molecule has 1 aromatic carbocycles. The predicted molar refractivity (Wildman–Crippen MR) is 125 cm³/mol. The van der Waals surface area contributed by atoms with Gasteiger partial charge in [-0.2, -0.15) is 0 Å². The molecule has 1 fully saturated rings. The fraction of sp³-hybridized carbons (Fsp3) is 0.524. The van der Waals surface area contributed by atoms with Crippen molar-refractivity contribution in [2.24, 2.45) is 10.9 Å². The topological polar surface area (TPSA) is 65.7 Å². The smallest absolute Gasteiger partial charge is 0.226 e. The van der Waals surface area contributed by atoms with Gasteiger partial charge in [-0.3, -0.25) is 4.99 Å². The Morgan fingerprint density at radius 3 is 2.61 bits per heavy atom. The van der Waals surface area contributed by atoms with E-state index in [0.29, 0.717) is 18.4 Å². The van der Waals surface area contributed by atoms with Crippen molar-refractivity contribution in [2.45, 2.75) is 33.2 Å². The van der Waals surface area contributed by atoms with Gasteiger partial charge in [-0.1, -0.05) is 24.6 Å². The first-order chi connectivity index (χ1) is 13.1. The second-order valence-electron chi connectivity index (χ2n) is 7.43. The van der Waals surface area contributed by atoms with E-state index in [1.807, 2.05) is 12.1 Å². The molecule has 2 aromatic rings. The molecule has 1 atom stereocenters. The molecule has 1 aromatic heterocycles. The highest BCUT2D eigenvalue weighted by Gasteiger charge is 2.15. The van der Waals surface area contributed by atoms with E-state index in [2.05, 4.69) is 51.5 Å². The first kappa shape index (κ1) is 22.7. The van der Waals surface area contributed by atoms with Crippen LogP contribution in [0.4, 0.5) is 0 Å². The Morgan fingerprint density at radius 1 is 1.21 bits per heavy atom. The summed E-state index contributed by atoms with van der Waals surface area (Å²) in [7, 11) is 1.79. The molecule has 0 spiro atoms. The first-order valence-corrected chi connectivity index (χ1v) is 9.82. The van der Waals surface area contributed by atoms with Gasteiger partial charge in [0.1, 0.15) is 6.26 Å². The molecule has 2 N–H and O–H groups in total. The molecule has 0 saturated carbocycles. The van der Waals surface area contributed by atoms with Crippen molar-refractivity contribution >= 4 is 29.9 Å². The summed E-state index contributed by atoms with van der Waals surface area (Å²) in [5, 5.41) is 6.72. The summed E-state index contributed by atoms with van der Waals surface area (Å²) in [4.78, 5) is 11.4. The van der Waals surface area contributed by atoms with Crippen molar-refractivity contribution in [3.8, 4) is 11.5 Å². The lowest BCUT2D eigenvalue weighted by molar-refractivity contribution is 0.287. The highest BCUT2D eigenvalue weighted by atomic mass is 127. The quantitative estimate of drug-likeness (QED) is 0.347. The molecule has 0 amide bonds. The Balaban J connectivity index is 0.00000280. The van der Waals surface area contributed by atoms with E-state index in [9.17, 15) is 0 Å². The molecule has 1 aliphatic heterocycles. The molecular weight excluding hydrogens is 465 g/mol. The number of aliphatic imine (C=N–C) groups is 1. The lowest BCUT2D eigenvalue weighted by Crippen LogP contribution is -2.41. The van der Waals surface area contributed by atoms with Crippen LogP contribution >= 0.6 is 24.0 Å². The Hall–Kier alpha value is -1.61. The maximum atomic E-state index is 5.61. The number of likely N-dealkylation sites (tertiary alicyclic amines) is 1. The number of nitrogens with zero attached hydrogens (tertiary/aromatic N) is 3. The summed E-state index contributed by atoms with van der Waals surface area (Å²) in [5.74, 6) is 2.03. The minimum atomic E-state index is 0. The van der Waals surface area contributed by atoms with E-state index in [-0.39, 0.29) is 24.0 Å². The molecule has 1 aliphatic rings. The average molecular weight is 497 g/mol. The molecule has 7 heteroatoms. The lowest BCUT2D eigenvalue weighted by atomic mass is 10.1. The number of halogens is 1. The Labute approximate surface area is 185 Å². The minimum absolute atomic E-state index is 0. The maximum absolute atomic E-state index is 5.61. The fourth-order valence-electron chi connectivity index (χ4n) is 3.35. The molecule has 0 aliphatic carbocycles. The molecule has 1 saturated heterocycles. The van der Waals surface area contributed by atoms with Crippen LogP contribution in [-0.4, -0.2) is 49.1 Å². The largest absolute Gasteiger partial charge is 0.444 e. The third-order valence-electron chi connectivity index (χ3n) is 4.90. The monoisotopic (exact) mass is 497 g/mol. The van der Waals surface area contributed by atoms with Gasteiger partial charge < -0.3 is 20.0 Å². The number of hydrogen-bond acceptors (Lipinski definition) is 4. The zero-order valence-electron chi connectivity index (χ0n) is 17.1. The predicted octanol–water partition coefficient (Wildman–Crippen LogP) is 3.66. The van der Waals surface area contributed by atoms with E-state index in [1.54, 1.807) is 13.3 Å².